The normalized spacial score (nSPS) is 14.2. The Balaban J connectivity index is 1.31. The Bertz CT molecular complexity index is 930. The number of anilines is 1. The summed E-state index contributed by atoms with van der Waals surface area (Å²) in [5.74, 6) is 2.17. The number of nitrogens with one attached hydrogen (secondary N) is 1. The molecule has 1 amide bonds. The highest BCUT2D eigenvalue weighted by Gasteiger charge is 2.15. The van der Waals surface area contributed by atoms with E-state index < -0.39 is 0 Å². The summed E-state index contributed by atoms with van der Waals surface area (Å²) in [5, 5.41) is 3.72. The molecule has 0 atom stereocenters. The first-order valence-electron chi connectivity index (χ1n) is 9.69. The summed E-state index contributed by atoms with van der Waals surface area (Å²) < 4.78 is 11.3. The minimum atomic E-state index is -0.257. The van der Waals surface area contributed by atoms with Crippen molar-refractivity contribution in [3.8, 4) is 5.88 Å². The van der Waals surface area contributed by atoms with Crippen molar-refractivity contribution in [2.24, 2.45) is 0 Å². The number of amides is 1. The van der Waals surface area contributed by atoms with Crippen LogP contribution in [0.2, 0.25) is 0 Å². The molecule has 1 aliphatic heterocycles. The third-order valence-corrected chi connectivity index (χ3v) is 4.77. The summed E-state index contributed by atoms with van der Waals surface area (Å²) in [4.78, 5) is 23.4. The predicted octanol–water partition coefficient (Wildman–Crippen LogP) is 3.33. The smallest absolute Gasteiger partial charge is 0.287 e. The minimum Gasteiger partial charge on any atom is -0.476 e. The number of hydrogen-bond donors (Lipinski definition) is 1. The van der Waals surface area contributed by atoms with Gasteiger partial charge < -0.3 is 19.4 Å². The lowest BCUT2D eigenvalue weighted by Crippen LogP contribution is -2.30. The number of aromatic nitrogens is 2. The van der Waals surface area contributed by atoms with Crippen LogP contribution in [0.25, 0.3) is 11.0 Å². The molecule has 0 saturated carbocycles. The third-order valence-electron chi connectivity index (χ3n) is 4.77. The molecule has 4 rings (SSSR count). The summed E-state index contributed by atoms with van der Waals surface area (Å²) in [6.45, 7) is 4.58. The SMILES string of the molecule is Cc1nc(OCCNC(=O)c2cc3ccccc3o2)cc(N2CCCCC2)n1. The van der Waals surface area contributed by atoms with Crippen molar-refractivity contribution in [1.82, 2.24) is 15.3 Å². The van der Waals surface area contributed by atoms with Crippen LogP contribution in [-0.4, -0.2) is 42.1 Å². The summed E-state index contributed by atoms with van der Waals surface area (Å²) in [6, 6.07) is 11.2. The van der Waals surface area contributed by atoms with E-state index in [1.165, 1.54) is 19.3 Å². The minimum absolute atomic E-state index is 0.257. The van der Waals surface area contributed by atoms with Crippen molar-refractivity contribution in [3.05, 3.63) is 48.0 Å². The van der Waals surface area contributed by atoms with Crippen molar-refractivity contribution < 1.29 is 13.9 Å². The molecule has 28 heavy (non-hydrogen) atoms. The van der Waals surface area contributed by atoms with E-state index in [-0.39, 0.29) is 5.91 Å². The van der Waals surface area contributed by atoms with E-state index >= 15 is 0 Å². The Morgan fingerprint density at radius 3 is 2.82 bits per heavy atom. The number of carbonyl (C=O) groups excluding carboxylic acids is 1. The number of fused-ring (bicyclic) bond motifs is 1. The number of piperidine rings is 1. The lowest BCUT2D eigenvalue weighted by Gasteiger charge is -2.28. The number of nitrogens with zero attached hydrogens (tertiary/aromatic N) is 3. The van der Waals surface area contributed by atoms with Crippen LogP contribution in [0.15, 0.2) is 40.8 Å². The zero-order valence-electron chi connectivity index (χ0n) is 16.0. The van der Waals surface area contributed by atoms with Crippen LogP contribution in [0.5, 0.6) is 5.88 Å². The monoisotopic (exact) mass is 380 g/mol. The van der Waals surface area contributed by atoms with Gasteiger partial charge in [-0.15, -0.1) is 0 Å². The van der Waals surface area contributed by atoms with Crippen LogP contribution in [0, 0.1) is 6.92 Å². The molecule has 1 aromatic carbocycles. The van der Waals surface area contributed by atoms with Crippen molar-refractivity contribution in [1.29, 1.82) is 0 Å². The van der Waals surface area contributed by atoms with Gasteiger partial charge in [0.1, 0.15) is 23.8 Å². The first kappa shape index (κ1) is 18.3. The topological polar surface area (TPSA) is 80.5 Å². The second-order valence-electron chi connectivity index (χ2n) is 6.91. The van der Waals surface area contributed by atoms with Gasteiger partial charge in [-0.2, -0.15) is 4.98 Å². The molecule has 1 aliphatic rings. The van der Waals surface area contributed by atoms with Crippen molar-refractivity contribution in [2.45, 2.75) is 26.2 Å². The third kappa shape index (κ3) is 4.24. The summed E-state index contributed by atoms with van der Waals surface area (Å²) in [5.41, 5.74) is 0.700. The van der Waals surface area contributed by atoms with Crippen LogP contribution in [-0.2, 0) is 0 Å². The van der Waals surface area contributed by atoms with E-state index in [0.29, 0.717) is 36.2 Å². The summed E-state index contributed by atoms with van der Waals surface area (Å²) in [7, 11) is 0. The number of hydrogen-bond acceptors (Lipinski definition) is 6. The lowest BCUT2D eigenvalue weighted by atomic mass is 10.1. The van der Waals surface area contributed by atoms with E-state index in [4.69, 9.17) is 9.15 Å². The highest BCUT2D eigenvalue weighted by atomic mass is 16.5. The standard InChI is InChI=1S/C21H24N4O3/c1-15-23-19(25-10-5-2-6-11-25)14-20(24-15)27-12-9-22-21(26)18-13-16-7-3-4-8-17(16)28-18/h3-4,7-8,13-14H,2,5-6,9-12H2,1H3,(H,22,26). The van der Waals surface area contributed by atoms with Gasteiger partial charge in [-0.05, 0) is 38.3 Å². The van der Waals surface area contributed by atoms with Gasteiger partial charge in [-0.3, -0.25) is 4.79 Å². The summed E-state index contributed by atoms with van der Waals surface area (Å²) >= 11 is 0. The predicted molar refractivity (Wildman–Crippen MR) is 107 cm³/mol. The highest BCUT2D eigenvalue weighted by molar-refractivity contribution is 5.96. The van der Waals surface area contributed by atoms with Gasteiger partial charge in [-0.1, -0.05) is 18.2 Å². The van der Waals surface area contributed by atoms with Crippen LogP contribution in [0.3, 0.4) is 0 Å². The zero-order chi connectivity index (χ0) is 19.3. The van der Waals surface area contributed by atoms with Crippen molar-refractivity contribution in [3.63, 3.8) is 0 Å². The van der Waals surface area contributed by atoms with Gasteiger partial charge in [0, 0.05) is 24.5 Å². The molecule has 1 N–H and O–H groups in total. The average Bonchev–Trinajstić information content (AvgIpc) is 3.16. The quantitative estimate of drug-likeness (QED) is 0.661. The zero-order valence-corrected chi connectivity index (χ0v) is 16.0. The fraction of sp³-hybridized carbons (Fsp3) is 0.381. The van der Waals surface area contributed by atoms with Gasteiger partial charge in [0.15, 0.2) is 5.76 Å². The molecule has 7 nitrogen and oxygen atoms in total. The highest BCUT2D eigenvalue weighted by Crippen LogP contribution is 2.21. The van der Waals surface area contributed by atoms with Crippen molar-refractivity contribution >= 4 is 22.7 Å². The first-order valence-corrected chi connectivity index (χ1v) is 9.69. The molecule has 146 valence electrons. The Kier molecular flexibility index (Phi) is 5.41. The van der Waals surface area contributed by atoms with Gasteiger partial charge >= 0.3 is 0 Å². The van der Waals surface area contributed by atoms with Gasteiger partial charge in [0.2, 0.25) is 5.88 Å². The maximum Gasteiger partial charge on any atom is 0.287 e. The molecule has 0 radical (unpaired) electrons. The molecule has 1 fully saturated rings. The van der Waals surface area contributed by atoms with Crippen LogP contribution in [0.4, 0.5) is 5.82 Å². The molecule has 0 spiro atoms. The number of furan rings is 1. The largest absolute Gasteiger partial charge is 0.476 e. The maximum absolute atomic E-state index is 12.2. The van der Waals surface area contributed by atoms with E-state index in [2.05, 4.69) is 20.2 Å². The van der Waals surface area contributed by atoms with Crippen LogP contribution < -0.4 is 15.0 Å². The second-order valence-corrected chi connectivity index (χ2v) is 6.91. The number of aryl methyl sites for hydroxylation is 1. The molecule has 0 unspecified atom stereocenters. The van der Waals surface area contributed by atoms with E-state index in [1.54, 1.807) is 6.07 Å². The van der Waals surface area contributed by atoms with E-state index in [9.17, 15) is 4.79 Å². The number of para-hydroxylation sites is 1. The molecule has 1 saturated heterocycles. The van der Waals surface area contributed by atoms with Crippen molar-refractivity contribution in [2.75, 3.05) is 31.1 Å². The molecular weight excluding hydrogens is 356 g/mol. The number of ether oxygens (including phenoxy) is 1. The Morgan fingerprint density at radius 1 is 1.18 bits per heavy atom. The molecular formula is C21H24N4O3. The fourth-order valence-corrected chi connectivity index (χ4v) is 3.39. The number of benzene rings is 1. The Labute approximate surface area is 163 Å². The summed E-state index contributed by atoms with van der Waals surface area (Å²) in [6.07, 6.45) is 3.65. The van der Waals surface area contributed by atoms with Crippen LogP contribution in [0.1, 0.15) is 35.6 Å². The molecule has 0 bridgehead atoms. The van der Waals surface area contributed by atoms with Gasteiger partial charge in [0.05, 0.1) is 6.54 Å². The Morgan fingerprint density at radius 2 is 2.00 bits per heavy atom. The van der Waals surface area contributed by atoms with Gasteiger partial charge in [-0.25, -0.2) is 4.98 Å². The molecule has 0 aliphatic carbocycles. The number of rotatable bonds is 6. The Hall–Kier alpha value is -3.09. The maximum atomic E-state index is 12.2. The average molecular weight is 380 g/mol. The molecule has 3 heterocycles. The van der Waals surface area contributed by atoms with Crippen LogP contribution >= 0.6 is 0 Å². The molecule has 2 aromatic heterocycles. The first-order chi connectivity index (χ1) is 13.7. The molecule has 3 aromatic rings. The lowest BCUT2D eigenvalue weighted by molar-refractivity contribution is 0.0921. The van der Waals surface area contributed by atoms with E-state index in [1.807, 2.05) is 37.3 Å². The van der Waals surface area contributed by atoms with E-state index in [0.717, 1.165) is 24.3 Å². The second kappa shape index (κ2) is 8.29. The fourth-order valence-electron chi connectivity index (χ4n) is 3.39. The molecule has 7 heteroatoms. The van der Waals surface area contributed by atoms with Gasteiger partial charge in [0.25, 0.3) is 5.91 Å². The number of carbonyl (C=O) groups is 1.